The molecule has 2 nitrogen and oxygen atoms in total. The van der Waals surface area contributed by atoms with Gasteiger partial charge in [0.25, 0.3) is 0 Å². The number of aliphatic imine (C=N–C) groups is 2. The molecule has 0 aromatic heterocycles. The Morgan fingerprint density at radius 2 is 0.960 bits per heavy atom. The topological polar surface area (TPSA) is 24.7 Å². The summed E-state index contributed by atoms with van der Waals surface area (Å²) in [5.41, 5.74) is 9.55. The third kappa shape index (κ3) is 4.88. The number of hydrogen-bond donors (Lipinski definition) is 0. The Morgan fingerprint density at radius 1 is 0.640 bits per heavy atom. The molecule has 2 aromatic rings. The van der Waals surface area contributed by atoms with Crippen LogP contribution in [0, 0.1) is 27.7 Å². The summed E-state index contributed by atoms with van der Waals surface area (Å²) in [4.78, 5) is 9.97. The summed E-state index contributed by atoms with van der Waals surface area (Å²) in [6, 6.07) is 12.7. The maximum atomic E-state index is 4.99. The van der Waals surface area contributed by atoms with Crippen LogP contribution in [-0.2, 0) is 0 Å². The molecule has 132 valence electrons. The van der Waals surface area contributed by atoms with E-state index in [2.05, 4.69) is 77.9 Å². The van der Waals surface area contributed by atoms with E-state index >= 15 is 0 Å². The highest BCUT2D eigenvalue weighted by molar-refractivity contribution is 6.06. The van der Waals surface area contributed by atoms with E-state index in [1.165, 1.54) is 33.7 Å². The van der Waals surface area contributed by atoms with Gasteiger partial charge in [0.2, 0.25) is 0 Å². The van der Waals surface area contributed by atoms with Crippen LogP contribution >= 0.6 is 0 Å². The lowest BCUT2D eigenvalue weighted by molar-refractivity contribution is 1.16. The highest BCUT2D eigenvalue weighted by atomic mass is 14.8. The monoisotopic (exact) mass is 334 g/mol. The first-order valence-electron chi connectivity index (χ1n) is 9.21. The van der Waals surface area contributed by atoms with E-state index in [1.54, 1.807) is 0 Å². The number of aryl methyl sites for hydroxylation is 4. The predicted molar refractivity (Wildman–Crippen MR) is 111 cm³/mol. The standard InChI is InChI=1S/C23H30N2/c1-7-20(24-22-16(3)11-9-12-17(22)4)15-21(8-2)25-23-18(5)13-10-14-19(23)6/h9-14H,7-8,15H2,1-6H3. The van der Waals surface area contributed by atoms with Crippen molar-refractivity contribution in [3.05, 3.63) is 58.7 Å². The first kappa shape index (κ1) is 19.1. The van der Waals surface area contributed by atoms with Crippen LogP contribution in [0.4, 0.5) is 11.4 Å². The number of rotatable bonds is 6. The zero-order valence-corrected chi connectivity index (χ0v) is 16.5. The van der Waals surface area contributed by atoms with E-state index in [4.69, 9.17) is 9.98 Å². The van der Waals surface area contributed by atoms with Crippen LogP contribution in [0.2, 0.25) is 0 Å². The Morgan fingerprint density at radius 3 is 1.24 bits per heavy atom. The van der Waals surface area contributed by atoms with Crippen LogP contribution in [0.25, 0.3) is 0 Å². The largest absolute Gasteiger partial charge is 0.257 e. The molecule has 0 amide bonds. The van der Waals surface area contributed by atoms with Gasteiger partial charge < -0.3 is 0 Å². The van der Waals surface area contributed by atoms with Crippen molar-refractivity contribution in [1.82, 2.24) is 0 Å². The van der Waals surface area contributed by atoms with Crippen molar-refractivity contribution in [2.45, 2.75) is 60.8 Å². The molecule has 0 spiro atoms. The highest BCUT2D eigenvalue weighted by Gasteiger charge is 2.08. The third-order valence-electron chi connectivity index (χ3n) is 4.64. The summed E-state index contributed by atoms with van der Waals surface area (Å²) in [5, 5.41) is 0. The van der Waals surface area contributed by atoms with Gasteiger partial charge >= 0.3 is 0 Å². The molecule has 0 aliphatic heterocycles. The van der Waals surface area contributed by atoms with Gasteiger partial charge in [-0.15, -0.1) is 0 Å². The van der Waals surface area contributed by atoms with Gasteiger partial charge in [0.05, 0.1) is 11.4 Å². The third-order valence-corrected chi connectivity index (χ3v) is 4.64. The van der Waals surface area contributed by atoms with Crippen LogP contribution in [0.5, 0.6) is 0 Å². The number of nitrogens with zero attached hydrogens (tertiary/aromatic N) is 2. The van der Waals surface area contributed by atoms with Gasteiger partial charge in [-0.1, -0.05) is 50.2 Å². The lowest BCUT2D eigenvalue weighted by Crippen LogP contribution is -2.06. The van der Waals surface area contributed by atoms with Gasteiger partial charge in [-0.2, -0.15) is 0 Å². The summed E-state index contributed by atoms with van der Waals surface area (Å²) in [7, 11) is 0. The fourth-order valence-corrected chi connectivity index (χ4v) is 3.00. The molecule has 0 unspecified atom stereocenters. The Bertz CT molecular complexity index is 690. The SMILES string of the molecule is CCC(CC(CC)=Nc1c(C)cccc1C)=Nc1c(C)cccc1C. The minimum Gasteiger partial charge on any atom is -0.257 e. The van der Waals surface area contributed by atoms with Crippen molar-refractivity contribution in [3.8, 4) is 0 Å². The second kappa shape index (κ2) is 8.75. The average molecular weight is 335 g/mol. The minimum atomic E-state index is 0.842. The van der Waals surface area contributed by atoms with Crippen molar-refractivity contribution in [1.29, 1.82) is 0 Å². The molecule has 0 N–H and O–H groups in total. The fraction of sp³-hybridized carbons (Fsp3) is 0.391. The molecule has 2 rings (SSSR count). The van der Waals surface area contributed by atoms with Gasteiger partial charge in [0.1, 0.15) is 0 Å². The van der Waals surface area contributed by atoms with E-state index in [9.17, 15) is 0 Å². The molecule has 0 aliphatic rings. The molecule has 0 saturated carbocycles. The highest BCUT2D eigenvalue weighted by Crippen LogP contribution is 2.26. The van der Waals surface area contributed by atoms with Crippen molar-refractivity contribution in [3.63, 3.8) is 0 Å². The first-order valence-corrected chi connectivity index (χ1v) is 9.21. The summed E-state index contributed by atoms with van der Waals surface area (Å²) < 4.78 is 0. The predicted octanol–water partition coefficient (Wildman–Crippen LogP) is 6.98. The summed E-state index contributed by atoms with van der Waals surface area (Å²) in [6.45, 7) is 12.9. The van der Waals surface area contributed by atoms with E-state index in [0.717, 1.165) is 30.6 Å². The maximum Gasteiger partial charge on any atom is 0.0687 e. The lowest BCUT2D eigenvalue weighted by atomic mass is 10.1. The van der Waals surface area contributed by atoms with Crippen molar-refractivity contribution in [2.24, 2.45) is 9.98 Å². The van der Waals surface area contributed by atoms with Crippen molar-refractivity contribution >= 4 is 22.8 Å². The molecule has 0 fully saturated rings. The summed E-state index contributed by atoms with van der Waals surface area (Å²) in [5.74, 6) is 0. The molecule has 0 saturated heterocycles. The molecule has 0 bridgehead atoms. The van der Waals surface area contributed by atoms with E-state index < -0.39 is 0 Å². The van der Waals surface area contributed by atoms with Gasteiger partial charge in [-0.05, 0) is 62.8 Å². The van der Waals surface area contributed by atoms with Gasteiger partial charge in [0.15, 0.2) is 0 Å². The van der Waals surface area contributed by atoms with Crippen molar-refractivity contribution < 1.29 is 0 Å². The van der Waals surface area contributed by atoms with Crippen LogP contribution < -0.4 is 0 Å². The molecule has 0 aliphatic carbocycles. The molecule has 0 radical (unpaired) electrons. The smallest absolute Gasteiger partial charge is 0.0687 e. The number of para-hydroxylation sites is 2. The second-order valence-electron chi connectivity index (χ2n) is 6.72. The second-order valence-corrected chi connectivity index (χ2v) is 6.72. The van der Waals surface area contributed by atoms with Crippen LogP contribution in [0.1, 0.15) is 55.4 Å². The normalized spacial score (nSPS) is 12.6. The molecule has 0 heterocycles. The lowest BCUT2D eigenvalue weighted by Gasteiger charge is -2.11. The molecule has 2 heteroatoms. The fourth-order valence-electron chi connectivity index (χ4n) is 3.00. The summed E-state index contributed by atoms with van der Waals surface area (Å²) in [6.07, 6.45) is 2.73. The summed E-state index contributed by atoms with van der Waals surface area (Å²) >= 11 is 0. The van der Waals surface area contributed by atoms with Crippen LogP contribution in [0.3, 0.4) is 0 Å². The van der Waals surface area contributed by atoms with Crippen LogP contribution in [0.15, 0.2) is 46.4 Å². The molecule has 0 atom stereocenters. The Labute approximate surface area is 152 Å². The maximum absolute atomic E-state index is 4.99. The van der Waals surface area contributed by atoms with E-state index in [1.807, 2.05) is 0 Å². The molecular formula is C23H30N2. The molecular weight excluding hydrogens is 304 g/mol. The van der Waals surface area contributed by atoms with E-state index in [0.29, 0.717) is 0 Å². The Balaban J connectivity index is 2.36. The van der Waals surface area contributed by atoms with Crippen molar-refractivity contribution in [2.75, 3.05) is 0 Å². The Kier molecular flexibility index (Phi) is 6.69. The molecule has 2 aromatic carbocycles. The average Bonchev–Trinajstić information content (AvgIpc) is 2.59. The zero-order valence-electron chi connectivity index (χ0n) is 16.5. The Hall–Kier alpha value is -2.22. The van der Waals surface area contributed by atoms with Gasteiger partial charge in [-0.3, -0.25) is 9.98 Å². The van der Waals surface area contributed by atoms with Gasteiger partial charge in [0, 0.05) is 17.8 Å². The van der Waals surface area contributed by atoms with E-state index in [-0.39, 0.29) is 0 Å². The molecule has 25 heavy (non-hydrogen) atoms. The van der Waals surface area contributed by atoms with Gasteiger partial charge in [-0.25, -0.2) is 0 Å². The zero-order chi connectivity index (χ0) is 18.4. The van der Waals surface area contributed by atoms with Crippen LogP contribution in [-0.4, -0.2) is 11.4 Å². The quantitative estimate of drug-likeness (QED) is 0.509. The minimum absolute atomic E-state index is 0.842. The number of hydrogen-bond acceptors (Lipinski definition) is 2. The number of benzene rings is 2. The first-order chi connectivity index (χ1) is 12.0.